The van der Waals surface area contributed by atoms with Gasteiger partial charge in [-0.05, 0) is 28.1 Å². The number of carbonyl (C=O) groups excluding carboxylic acids is 1. The molecule has 0 saturated heterocycles. The van der Waals surface area contributed by atoms with Crippen LogP contribution in [0.4, 0.5) is 10.3 Å². The summed E-state index contributed by atoms with van der Waals surface area (Å²) in [5.41, 5.74) is 0.979. The fraction of sp³-hybridized carbons (Fsp3) is 0.118. The standard InChI is InChI=1S/C17H13FN6O2/c18-15-13(16(25)26-10-11-6-2-1-3-7-11)14(12-8-4-5-9-19-12)24-17(20-15)21-22-23-24/h1-9,14H,10H2,(H,20,21,23). The van der Waals surface area contributed by atoms with Crippen LogP contribution in [0.5, 0.6) is 0 Å². The Labute approximate surface area is 147 Å². The first-order valence-electron chi connectivity index (χ1n) is 7.80. The van der Waals surface area contributed by atoms with Crippen LogP contribution in [-0.2, 0) is 16.1 Å². The predicted molar refractivity (Wildman–Crippen MR) is 88.2 cm³/mol. The van der Waals surface area contributed by atoms with Crippen LogP contribution in [0.2, 0.25) is 0 Å². The molecule has 9 heteroatoms. The zero-order chi connectivity index (χ0) is 17.9. The van der Waals surface area contributed by atoms with Crippen molar-refractivity contribution in [1.82, 2.24) is 25.2 Å². The van der Waals surface area contributed by atoms with Gasteiger partial charge in [0.15, 0.2) is 0 Å². The molecule has 1 aliphatic heterocycles. The fourth-order valence-electron chi connectivity index (χ4n) is 2.67. The second-order valence-electron chi connectivity index (χ2n) is 5.52. The molecule has 0 bridgehead atoms. The Balaban J connectivity index is 1.67. The van der Waals surface area contributed by atoms with E-state index >= 15 is 0 Å². The molecule has 1 unspecified atom stereocenters. The summed E-state index contributed by atoms with van der Waals surface area (Å²) in [4.78, 5) is 16.8. The predicted octanol–water partition coefficient (Wildman–Crippen LogP) is 2.01. The van der Waals surface area contributed by atoms with Gasteiger partial charge in [0.2, 0.25) is 11.9 Å². The van der Waals surface area contributed by atoms with E-state index in [1.54, 1.807) is 24.4 Å². The quantitative estimate of drug-likeness (QED) is 0.567. The van der Waals surface area contributed by atoms with E-state index in [0.29, 0.717) is 5.69 Å². The molecular weight excluding hydrogens is 339 g/mol. The molecule has 26 heavy (non-hydrogen) atoms. The number of anilines is 1. The molecule has 0 spiro atoms. The molecule has 130 valence electrons. The van der Waals surface area contributed by atoms with Crippen molar-refractivity contribution in [3.8, 4) is 0 Å². The highest BCUT2D eigenvalue weighted by Gasteiger charge is 2.37. The van der Waals surface area contributed by atoms with Gasteiger partial charge in [-0.25, -0.2) is 4.79 Å². The van der Waals surface area contributed by atoms with Crippen molar-refractivity contribution in [2.24, 2.45) is 0 Å². The normalized spacial score (nSPS) is 16.0. The molecule has 0 aliphatic carbocycles. The van der Waals surface area contributed by atoms with Gasteiger partial charge in [0.1, 0.15) is 18.2 Å². The van der Waals surface area contributed by atoms with Crippen LogP contribution in [0.25, 0.3) is 0 Å². The fourth-order valence-corrected chi connectivity index (χ4v) is 2.67. The lowest BCUT2D eigenvalue weighted by Gasteiger charge is -2.24. The second-order valence-corrected chi connectivity index (χ2v) is 5.52. The molecule has 0 fully saturated rings. The Hall–Kier alpha value is -3.62. The minimum Gasteiger partial charge on any atom is -0.457 e. The summed E-state index contributed by atoms with van der Waals surface area (Å²) in [5, 5.41) is 13.5. The highest BCUT2D eigenvalue weighted by Crippen LogP contribution is 2.34. The first-order chi connectivity index (χ1) is 12.7. The van der Waals surface area contributed by atoms with Crippen LogP contribution in [0.15, 0.2) is 66.3 Å². The number of nitrogens with one attached hydrogen (secondary N) is 1. The first kappa shape index (κ1) is 15.9. The Morgan fingerprint density at radius 3 is 2.77 bits per heavy atom. The third-order valence-corrected chi connectivity index (χ3v) is 3.87. The van der Waals surface area contributed by atoms with Gasteiger partial charge < -0.3 is 4.74 Å². The molecule has 0 radical (unpaired) electrons. The van der Waals surface area contributed by atoms with Crippen molar-refractivity contribution in [2.45, 2.75) is 12.6 Å². The van der Waals surface area contributed by atoms with Gasteiger partial charge in [0, 0.05) is 6.20 Å². The maximum atomic E-state index is 14.6. The van der Waals surface area contributed by atoms with Crippen LogP contribution in [-0.4, -0.2) is 31.2 Å². The van der Waals surface area contributed by atoms with Gasteiger partial charge in [-0.2, -0.15) is 9.07 Å². The number of hydrogen-bond acceptors (Lipinski definition) is 7. The largest absolute Gasteiger partial charge is 0.457 e. The monoisotopic (exact) mass is 352 g/mol. The van der Waals surface area contributed by atoms with E-state index in [1.807, 2.05) is 30.3 Å². The maximum Gasteiger partial charge on any atom is 0.341 e. The van der Waals surface area contributed by atoms with E-state index in [4.69, 9.17) is 4.74 Å². The second kappa shape index (κ2) is 6.71. The van der Waals surface area contributed by atoms with E-state index in [1.165, 1.54) is 4.68 Å². The number of aromatic nitrogens is 5. The average Bonchev–Trinajstić information content (AvgIpc) is 3.14. The lowest BCUT2D eigenvalue weighted by molar-refractivity contribution is -0.141. The lowest BCUT2D eigenvalue weighted by Crippen LogP contribution is -2.29. The van der Waals surface area contributed by atoms with E-state index in [2.05, 4.69) is 25.8 Å². The number of benzene rings is 1. The van der Waals surface area contributed by atoms with Crippen molar-refractivity contribution in [3.05, 3.63) is 77.5 Å². The summed E-state index contributed by atoms with van der Waals surface area (Å²) in [6, 6.07) is 13.3. The molecule has 4 rings (SSSR count). The minimum absolute atomic E-state index is 0.0217. The molecular formula is C17H13FN6O2. The van der Waals surface area contributed by atoms with Crippen LogP contribution >= 0.6 is 0 Å². The molecule has 8 nitrogen and oxygen atoms in total. The number of nitrogens with zero attached hydrogens (tertiary/aromatic N) is 5. The summed E-state index contributed by atoms with van der Waals surface area (Å²) in [6.45, 7) is 0.0217. The number of esters is 1. The van der Waals surface area contributed by atoms with Crippen molar-refractivity contribution in [2.75, 3.05) is 5.32 Å². The third kappa shape index (κ3) is 2.90. The van der Waals surface area contributed by atoms with Crippen LogP contribution < -0.4 is 5.32 Å². The van der Waals surface area contributed by atoms with Crippen LogP contribution in [0, 0.1) is 0 Å². The summed E-state index contributed by atoms with van der Waals surface area (Å²) >= 11 is 0. The third-order valence-electron chi connectivity index (χ3n) is 3.87. The molecule has 0 amide bonds. The van der Waals surface area contributed by atoms with Crippen LogP contribution in [0.3, 0.4) is 0 Å². The molecule has 1 N–H and O–H groups in total. The molecule has 1 atom stereocenters. The number of ether oxygens (including phenoxy) is 1. The molecule has 3 aromatic rings. The minimum atomic E-state index is -0.925. The Kier molecular flexibility index (Phi) is 4.10. The van der Waals surface area contributed by atoms with E-state index < -0.39 is 18.0 Å². The molecule has 1 aliphatic rings. The number of hydrogen-bond donors (Lipinski definition) is 1. The zero-order valence-corrected chi connectivity index (χ0v) is 13.4. The highest BCUT2D eigenvalue weighted by atomic mass is 19.1. The lowest BCUT2D eigenvalue weighted by atomic mass is 10.0. The van der Waals surface area contributed by atoms with Gasteiger partial charge in [-0.3, -0.25) is 10.3 Å². The molecule has 0 saturated carbocycles. The van der Waals surface area contributed by atoms with E-state index in [0.717, 1.165) is 5.56 Å². The van der Waals surface area contributed by atoms with Gasteiger partial charge in [0.25, 0.3) is 0 Å². The Bertz CT molecular complexity index is 958. The number of carbonyl (C=O) groups is 1. The maximum absolute atomic E-state index is 14.6. The van der Waals surface area contributed by atoms with E-state index in [-0.39, 0.29) is 18.1 Å². The summed E-state index contributed by atoms with van der Waals surface area (Å²) in [7, 11) is 0. The van der Waals surface area contributed by atoms with E-state index in [9.17, 15) is 9.18 Å². The van der Waals surface area contributed by atoms with Gasteiger partial charge >= 0.3 is 5.97 Å². The Morgan fingerprint density at radius 2 is 2.00 bits per heavy atom. The van der Waals surface area contributed by atoms with Gasteiger partial charge in [-0.1, -0.05) is 41.5 Å². The Morgan fingerprint density at radius 1 is 1.19 bits per heavy atom. The molecule has 2 aromatic heterocycles. The smallest absolute Gasteiger partial charge is 0.341 e. The number of tetrazole rings is 1. The average molecular weight is 352 g/mol. The summed E-state index contributed by atoms with van der Waals surface area (Å²) in [5.74, 6) is -1.59. The molecule has 3 heterocycles. The highest BCUT2D eigenvalue weighted by molar-refractivity contribution is 5.91. The SMILES string of the molecule is O=C(OCc1ccccc1)C1=C(F)Nc2nnnn2C1c1ccccn1. The van der Waals surface area contributed by atoms with Crippen molar-refractivity contribution in [1.29, 1.82) is 0 Å². The number of pyridine rings is 1. The molecule has 1 aromatic carbocycles. The number of fused-ring (bicyclic) bond motifs is 1. The van der Waals surface area contributed by atoms with Crippen molar-refractivity contribution >= 4 is 11.9 Å². The number of halogens is 1. The van der Waals surface area contributed by atoms with Crippen LogP contribution in [0.1, 0.15) is 17.3 Å². The summed E-state index contributed by atoms with van der Waals surface area (Å²) in [6.07, 6.45) is 1.55. The topological polar surface area (TPSA) is 94.8 Å². The summed E-state index contributed by atoms with van der Waals surface area (Å²) < 4.78 is 21.2. The van der Waals surface area contributed by atoms with Gasteiger partial charge in [0.05, 0.1) is 5.69 Å². The van der Waals surface area contributed by atoms with Gasteiger partial charge in [-0.15, -0.1) is 0 Å². The first-order valence-corrected chi connectivity index (χ1v) is 7.80. The zero-order valence-electron chi connectivity index (χ0n) is 13.4. The number of rotatable bonds is 4. The van der Waals surface area contributed by atoms with Crippen molar-refractivity contribution < 1.29 is 13.9 Å². The van der Waals surface area contributed by atoms with Crippen molar-refractivity contribution in [3.63, 3.8) is 0 Å².